The molecular formula is C14H16N2OS. The van der Waals surface area contributed by atoms with Gasteiger partial charge in [-0.05, 0) is 12.1 Å². The van der Waals surface area contributed by atoms with Gasteiger partial charge in [0.15, 0.2) is 0 Å². The van der Waals surface area contributed by atoms with Crippen LogP contribution in [0.3, 0.4) is 0 Å². The number of thiocarbonyl (C=S) groups is 1. The number of anilines is 1. The van der Waals surface area contributed by atoms with Crippen LogP contribution >= 0.6 is 12.2 Å². The number of hydrogen-bond acceptors (Lipinski definition) is 3. The van der Waals surface area contributed by atoms with E-state index in [9.17, 15) is 5.11 Å². The Kier molecular flexibility index (Phi) is 4.46. The Labute approximate surface area is 113 Å². The third-order valence-corrected chi connectivity index (χ3v) is 2.62. The summed E-state index contributed by atoms with van der Waals surface area (Å²) in [6.07, 6.45) is 0. The Morgan fingerprint density at radius 1 is 1.28 bits per heavy atom. The molecule has 0 aromatic heterocycles. The minimum Gasteiger partial charge on any atom is -0.510 e. The second-order valence-corrected chi connectivity index (χ2v) is 5.31. The molecule has 1 rings (SSSR count). The first-order valence-electron chi connectivity index (χ1n) is 5.56. The van der Waals surface area contributed by atoms with Crippen molar-refractivity contribution in [3.63, 3.8) is 0 Å². The largest absolute Gasteiger partial charge is 0.510 e. The van der Waals surface area contributed by atoms with Gasteiger partial charge in [-0.15, -0.1) is 0 Å². The molecule has 94 valence electrons. The smallest absolute Gasteiger partial charge is 0.125 e. The van der Waals surface area contributed by atoms with Crippen LogP contribution in [0, 0.1) is 16.7 Å². The zero-order chi connectivity index (χ0) is 13.8. The van der Waals surface area contributed by atoms with Crippen LogP contribution in [0.1, 0.15) is 20.8 Å². The van der Waals surface area contributed by atoms with Crippen molar-refractivity contribution in [3.8, 4) is 6.07 Å². The lowest BCUT2D eigenvalue weighted by molar-refractivity contribution is 0.275. The molecule has 18 heavy (non-hydrogen) atoms. The van der Waals surface area contributed by atoms with Crippen molar-refractivity contribution >= 4 is 22.9 Å². The van der Waals surface area contributed by atoms with Gasteiger partial charge >= 0.3 is 0 Å². The van der Waals surface area contributed by atoms with E-state index in [-0.39, 0.29) is 16.3 Å². The van der Waals surface area contributed by atoms with Gasteiger partial charge < -0.3 is 10.4 Å². The lowest BCUT2D eigenvalue weighted by atomic mass is 9.91. The predicted molar refractivity (Wildman–Crippen MR) is 77.4 cm³/mol. The SMILES string of the molecule is CC(C)(C)/C(O)=C(/C#N)C(=S)Nc1ccccc1. The molecule has 1 aromatic rings. The van der Waals surface area contributed by atoms with Crippen LogP contribution in [0.15, 0.2) is 41.7 Å². The van der Waals surface area contributed by atoms with Crippen LogP contribution in [-0.2, 0) is 0 Å². The Bertz CT molecular complexity index is 507. The Morgan fingerprint density at radius 3 is 2.28 bits per heavy atom. The maximum Gasteiger partial charge on any atom is 0.125 e. The minimum absolute atomic E-state index is 0.00145. The summed E-state index contributed by atoms with van der Waals surface area (Å²) in [5.74, 6) is -0.00145. The van der Waals surface area contributed by atoms with Crippen molar-refractivity contribution in [2.75, 3.05) is 5.32 Å². The monoisotopic (exact) mass is 260 g/mol. The van der Waals surface area contributed by atoms with Crippen LogP contribution in [0.25, 0.3) is 0 Å². The fourth-order valence-corrected chi connectivity index (χ4v) is 1.56. The first kappa shape index (κ1) is 14.2. The molecule has 2 N–H and O–H groups in total. The van der Waals surface area contributed by atoms with E-state index >= 15 is 0 Å². The molecule has 0 atom stereocenters. The zero-order valence-corrected chi connectivity index (χ0v) is 11.5. The summed E-state index contributed by atoms with van der Waals surface area (Å²) in [5, 5.41) is 22.1. The van der Waals surface area contributed by atoms with Gasteiger partial charge in [0.1, 0.15) is 22.4 Å². The molecule has 0 aliphatic rings. The molecule has 0 amide bonds. The fourth-order valence-electron chi connectivity index (χ4n) is 1.30. The summed E-state index contributed by atoms with van der Waals surface area (Å²) in [6.45, 7) is 5.47. The summed E-state index contributed by atoms with van der Waals surface area (Å²) >= 11 is 5.15. The second kappa shape index (κ2) is 5.65. The third kappa shape index (κ3) is 3.57. The van der Waals surface area contributed by atoms with Gasteiger partial charge in [-0.1, -0.05) is 51.2 Å². The molecule has 0 radical (unpaired) electrons. The molecule has 0 bridgehead atoms. The number of allylic oxidation sites excluding steroid dienone is 1. The summed E-state index contributed by atoms with van der Waals surface area (Å²) in [4.78, 5) is 0.233. The average Bonchev–Trinajstić information content (AvgIpc) is 2.29. The van der Waals surface area contributed by atoms with Crippen molar-refractivity contribution < 1.29 is 5.11 Å². The molecular weight excluding hydrogens is 244 g/mol. The number of nitrogens with zero attached hydrogens (tertiary/aromatic N) is 1. The van der Waals surface area contributed by atoms with E-state index in [1.807, 2.05) is 57.2 Å². The molecule has 0 aliphatic carbocycles. The summed E-state index contributed by atoms with van der Waals surface area (Å²) in [5.41, 5.74) is 0.395. The van der Waals surface area contributed by atoms with Crippen LogP contribution < -0.4 is 5.32 Å². The van der Waals surface area contributed by atoms with Gasteiger partial charge in [-0.2, -0.15) is 5.26 Å². The van der Waals surface area contributed by atoms with Crippen LogP contribution in [-0.4, -0.2) is 10.1 Å². The van der Waals surface area contributed by atoms with E-state index in [4.69, 9.17) is 17.5 Å². The van der Waals surface area contributed by atoms with Crippen molar-refractivity contribution in [2.24, 2.45) is 5.41 Å². The number of aliphatic hydroxyl groups excluding tert-OH is 1. The number of benzene rings is 1. The molecule has 0 aliphatic heterocycles. The summed E-state index contributed by atoms with van der Waals surface area (Å²) in [6, 6.07) is 11.3. The molecule has 0 unspecified atom stereocenters. The van der Waals surface area contributed by atoms with Crippen LogP contribution in [0.2, 0.25) is 0 Å². The van der Waals surface area contributed by atoms with Crippen LogP contribution in [0.5, 0.6) is 0 Å². The van der Waals surface area contributed by atoms with E-state index in [2.05, 4.69) is 5.32 Å². The predicted octanol–water partition coefficient (Wildman–Crippen LogP) is 3.81. The van der Waals surface area contributed by atoms with Gasteiger partial charge in [0.05, 0.1) is 0 Å². The Balaban J connectivity index is 2.99. The maximum absolute atomic E-state index is 10.0. The van der Waals surface area contributed by atoms with Gasteiger partial charge in [-0.3, -0.25) is 0 Å². The number of hydrogen-bond donors (Lipinski definition) is 2. The van der Waals surface area contributed by atoms with Crippen molar-refractivity contribution in [1.82, 2.24) is 0 Å². The van der Waals surface area contributed by atoms with Crippen LogP contribution in [0.4, 0.5) is 5.69 Å². The van der Waals surface area contributed by atoms with Crippen molar-refractivity contribution in [3.05, 3.63) is 41.7 Å². The number of nitriles is 1. The standard InChI is InChI=1S/C14H16N2OS/c1-14(2,3)12(17)11(9-15)13(18)16-10-7-5-4-6-8-10/h4-8,17H,1-3H3,(H,16,18)/b12-11+. The number of aliphatic hydroxyl groups is 1. The highest BCUT2D eigenvalue weighted by Gasteiger charge is 2.23. The van der Waals surface area contributed by atoms with Crippen molar-refractivity contribution in [1.29, 1.82) is 5.26 Å². The lowest BCUT2D eigenvalue weighted by Crippen LogP contribution is -2.19. The fraction of sp³-hybridized carbons (Fsp3) is 0.286. The van der Waals surface area contributed by atoms with E-state index in [1.165, 1.54) is 0 Å². The van der Waals surface area contributed by atoms with Gasteiger partial charge in [0.2, 0.25) is 0 Å². The van der Waals surface area contributed by atoms with E-state index in [1.54, 1.807) is 0 Å². The van der Waals surface area contributed by atoms with Gasteiger partial charge in [-0.25, -0.2) is 0 Å². The molecule has 0 saturated heterocycles. The van der Waals surface area contributed by atoms with Gasteiger partial charge in [0, 0.05) is 11.1 Å². The molecule has 1 aromatic carbocycles. The first-order chi connectivity index (χ1) is 8.36. The number of rotatable bonds is 2. The molecule has 0 saturated carbocycles. The molecule has 0 spiro atoms. The first-order valence-corrected chi connectivity index (χ1v) is 5.97. The normalized spacial score (nSPS) is 12.3. The second-order valence-electron chi connectivity index (χ2n) is 4.91. The van der Waals surface area contributed by atoms with Gasteiger partial charge in [0.25, 0.3) is 0 Å². The minimum atomic E-state index is -0.506. The number of nitrogens with one attached hydrogen (secondary N) is 1. The molecule has 3 nitrogen and oxygen atoms in total. The number of para-hydroxylation sites is 1. The molecule has 0 fully saturated rings. The highest BCUT2D eigenvalue weighted by Crippen LogP contribution is 2.26. The maximum atomic E-state index is 10.0. The van der Waals surface area contributed by atoms with E-state index in [0.717, 1.165) is 5.69 Å². The third-order valence-electron chi connectivity index (χ3n) is 2.32. The summed E-state index contributed by atoms with van der Waals surface area (Å²) in [7, 11) is 0. The van der Waals surface area contributed by atoms with Crippen molar-refractivity contribution in [2.45, 2.75) is 20.8 Å². The lowest BCUT2D eigenvalue weighted by Gasteiger charge is -2.19. The van der Waals surface area contributed by atoms with E-state index < -0.39 is 5.41 Å². The molecule has 0 heterocycles. The Morgan fingerprint density at radius 2 is 1.83 bits per heavy atom. The Hall–Kier alpha value is -1.86. The molecule has 4 heteroatoms. The summed E-state index contributed by atoms with van der Waals surface area (Å²) < 4.78 is 0. The average molecular weight is 260 g/mol. The zero-order valence-electron chi connectivity index (χ0n) is 10.7. The topological polar surface area (TPSA) is 56.0 Å². The highest BCUT2D eigenvalue weighted by atomic mass is 32.1. The highest BCUT2D eigenvalue weighted by molar-refractivity contribution is 7.81. The quantitative estimate of drug-likeness (QED) is 0.367. The van der Waals surface area contributed by atoms with E-state index in [0.29, 0.717) is 0 Å².